The van der Waals surface area contributed by atoms with Gasteiger partial charge in [-0.1, -0.05) is 29.2 Å². The fourth-order valence-corrected chi connectivity index (χ4v) is 3.77. The molecule has 0 saturated carbocycles. The number of rotatable bonds is 4. The van der Waals surface area contributed by atoms with Crippen LogP contribution in [0.3, 0.4) is 0 Å². The van der Waals surface area contributed by atoms with E-state index >= 15 is 0 Å². The summed E-state index contributed by atoms with van der Waals surface area (Å²) < 4.78 is 0.727. The second-order valence-electron chi connectivity index (χ2n) is 4.78. The average Bonchev–Trinajstić information content (AvgIpc) is 2.78. The third-order valence-corrected chi connectivity index (χ3v) is 5.11. The molecule has 2 rings (SSSR count). The van der Waals surface area contributed by atoms with Crippen LogP contribution in [-0.4, -0.2) is 21.2 Å². The first kappa shape index (κ1) is 15.0. The number of anilines is 1. The summed E-state index contributed by atoms with van der Waals surface area (Å²) >= 11 is 2.71. The summed E-state index contributed by atoms with van der Waals surface area (Å²) in [5, 5.41) is 7.92. The van der Waals surface area contributed by atoms with Crippen molar-refractivity contribution in [2.75, 3.05) is 5.73 Å². The molecule has 106 valence electrons. The number of nitrogens with two attached hydrogens (primary N) is 1. The van der Waals surface area contributed by atoms with Gasteiger partial charge in [-0.15, -0.1) is 10.2 Å². The molecule has 1 aromatic carbocycles. The summed E-state index contributed by atoms with van der Waals surface area (Å²) in [6.45, 7) is 7.94. The van der Waals surface area contributed by atoms with E-state index in [2.05, 4.69) is 23.2 Å². The van der Waals surface area contributed by atoms with E-state index in [9.17, 15) is 4.79 Å². The van der Waals surface area contributed by atoms with Crippen LogP contribution >= 0.6 is 23.1 Å². The van der Waals surface area contributed by atoms with E-state index in [1.807, 2.05) is 26.8 Å². The maximum atomic E-state index is 12.5. The summed E-state index contributed by atoms with van der Waals surface area (Å²) in [4.78, 5) is 12.5. The number of thioether (sulfide) groups is 1. The number of hydrogen-bond acceptors (Lipinski definition) is 6. The fraction of sp³-hybridized carbons (Fsp3) is 0.357. The number of benzene rings is 1. The zero-order valence-electron chi connectivity index (χ0n) is 11.9. The zero-order chi connectivity index (χ0) is 14.9. The molecule has 0 radical (unpaired) electrons. The van der Waals surface area contributed by atoms with Crippen LogP contribution in [0.15, 0.2) is 16.5 Å². The Morgan fingerprint density at radius 2 is 1.85 bits per heavy atom. The summed E-state index contributed by atoms with van der Waals surface area (Å²) in [5.74, 6) is 0.115. The second kappa shape index (κ2) is 5.93. The van der Waals surface area contributed by atoms with E-state index in [1.165, 1.54) is 28.7 Å². The molecule has 6 heteroatoms. The Bertz CT molecular complexity index is 652. The van der Waals surface area contributed by atoms with Crippen LogP contribution in [0, 0.1) is 20.8 Å². The highest BCUT2D eigenvalue weighted by atomic mass is 32.2. The summed E-state index contributed by atoms with van der Waals surface area (Å²) in [6, 6.07) is 4.03. The molecule has 1 aromatic heterocycles. The molecule has 2 aromatic rings. The van der Waals surface area contributed by atoms with Crippen molar-refractivity contribution in [1.29, 1.82) is 0 Å². The molecule has 0 amide bonds. The van der Waals surface area contributed by atoms with Crippen LogP contribution in [0.2, 0.25) is 0 Å². The topological polar surface area (TPSA) is 68.9 Å². The van der Waals surface area contributed by atoms with Crippen LogP contribution in [-0.2, 0) is 0 Å². The lowest BCUT2D eigenvalue weighted by molar-refractivity contribution is 0.0993. The zero-order valence-corrected chi connectivity index (χ0v) is 13.6. The summed E-state index contributed by atoms with van der Waals surface area (Å²) in [5.41, 5.74) is 9.69. The van der Waals surface area contributed by atoms with Gasteiger partial charge in [-0.2, -0.15) is 0 Å². The first-order chi connectivity index (χ1) is 9.38. The lowest BCUT2D eigenvalue weighted by Crippen LogP contribution is -2.15. The van der Waals surface area contributed by atoms with Gasteiger partial charge in [0.25, 0.3) is 0 Å². The molecular formula is C14H17N3OS2. The SMILES string of the molecule is Cc1cc(C)c(C(=O)[C@@H](C)Sc2nnc(N)s2)cc1C. The Hall–Kier alpha value is -1.40. The fourth-order valence-electron chi connectivity index (χ4n) is 1.92. The van der Waals surface area contributed by atoms with Crippen molar-refractivity contribution in [2.24, 2.45) is 0 Å². The number of carbonyl (C=O) groups is 1. The predicted molar refractivity (Wildman–Crippen MR) is 84.6 cm³/mol. The molecule has 0 fully saturated rings. The van der Waals surface area contributed by atoms with Gasteiger partial charge in [-0.3, -0.25) is 4.79 Å². The van der Waals surface area contributed by atoms with E-state index < -0.39 is 0 Å². The van der Waals surface area contributed by atoms with Crippen molar-refractivity contribution >= 4 is 34.0 Å². The molecule has 2 N–H and O–H groups in total. The van der Waals surface area contributed by atoms with Crippen molar-refractivity contribution < 1.29 is 4.79 Å². The Kier molecular flexibility index (Phi) is 4.45. The molecule has 0 bridgehead atoms. The monoisotopic (exact) mass is 307 g/mol. The minimum Gasteiger partial charge on any atom is -0.374 e. The number of aromatic nitrogens is 2. The lowest BCUT2D eigenvalue weighted by Gasteiger charge is -2.12. The van der Waals surface area contributed by atoms with Crippen molar-refractivity contribution in [3.63, 3.8) is 0 Å². The van der Waals surface area contributed by atoms with Gasteiger partial charge in [0.05, 0.1) is 5.25 Å². The molecule has 20 heavy (non-hydrogen) atoms. The molecule has 1 atom stereocenters. The van der Waals surface area contributed by atoms with E-state index in [-0.39, 0.29) is 11.0 Å². The van der Waals surface area contributed by atoms with E-state index in [1.54, 1.807) is 0 Å². The van der Waals surface area contributed by atoms with Crippen LogP contribution in [0.25, 0.3) is 0 Å². The summed E-state index contributed by atoms with van der Waals surface area (Å²) in [6.07, 6.45) is 0. The van der Waals surface area contributed by atoms with E-state index in [0.717, 1.165) is 21.0 Å². The number of ketones is 1. The third-order valence-electron chi connectivity index (χ3n) is 3.18. The van der Waals surface area contributed by atoms with Crippen molar-refractivity contribution in [3.8, 4) is 0 Å². The number of hydrogen-bond donors (Lipinski definition) is 1. The average molecular weight is 307 g/mol. The Labute approximate surface area is 126 Å². The summed E-state index contributed by atoms with van der Waals surface area (Å²) in [7, 11) is 0. The van der Waals surface area contributed by atoms with Gasteiger partial charge < -0.3 is 5.73 Å². The maximum Gasteiger partial charge on any atom is 0.203 e. The largest absolute Gasteiger partial charge is 0.374 e. The van der Waals surface area contributed by atoms with Gasteiger partial charge in [0.1, 0.15) is 0 Å². The smallest absolute Gasteiger partial charge is 0.203 e. The molecule has 4 nitrogen and oxygen atoms in total. The highest BCUT2D eigenvalue weighted by Crippen LogP contribution is 2.30. The number of nitrogen functional groups attached to an aromatic ring is 1. The van der Waals surface area contributed by atoms with Crippen LogP contribution in [0.1, 0.15) is 34.0 Å². The van der Waals surface area contributed by atoms with Gasteiger partial charge >= 0.3 is 0 Å². The standard InChI is InChI=1S/C14H17N3OS2/c1-7-5-9(3)11(6-8(7)2)12(18)10(4)19-14-17-16-13(15)20-14/h5-6,10H,1-4H3,(H2,15,16)/t10-/m1/s1. The lowest BCUT2D eigenvalue weighted by atomic mass is 9.97. The van der Waals surface area contributed by atoms with Crippen LogP contribution < -0.4 is 5.73 Å². The quantitative estimate of drug-likeness (QED) is 0.692. The first-order valence-corrected chi connectivity index (χ1v) is 7.95. The predicted octanol–water partition coefficient (Wildman–Crippen LogP) is 3.41. The van der Waals surface area contributed by atoms with Gasteiger partial charge in [0.2, 0.25) is 5.13 Å². The Morgan fingerprint density at radius 3 is 2.45 bits per heavy atom. The maximum absolute atomic E-state index is 12.5. The second-order valence-corrected chi connectivity index (χ2v) is 7.38. The number of carbonyl (C=O) groups excluding carboxylic acids is 1. The molecule has 0 aliphatic heterocycles. The first-order valence-electron chi connectivity index (χ1n) is 6.26. The highest BCUT2D eigenvalue weighted by molar-refractivity contribution is 8.02. The van der Waals surface area contributed by atoms with Crippen molar-refractivity contribution in [3.05, 3.63) is 34.4 Å². The Balaban J connectivity index is 2.20. The molecule has 0 spiro atoms. The molecule has 0 unspecified atom stereocenters. The molecular weight excluding hydrogens is 290 g/mol. The van der Waals surface area contributed by atoms with Gasteiger partial charge in [-0.25, -0.2) is 0 Å². The third kappa shape index (κ3) is 3.19. The Morgan fingerprint density at radius 1 is 1.20 bits per heavy atom. The van der Waals surface area contributed by atoms with E-state index in [4.69, 9.17) is 5.73 Å². The minimum absolute atomic E-state index is 0.115. The molecule has 1 heterocycles. The van der Waals surface area contributed by atoms with Crippen LogP contribution in [0.5, 0.6) is 0 Å². The number of aryl methyl sites for hydroxylation is 3. The number of nitrogens with zero attached hydrogens (tertiary/aromatic N) is 2. The minimum atomic E-state index is -0.205. The van der Waals surface area contributed by atoms with Gasteiger partial charge in [0.15, 0.2) is 10.1 Å². The van der Waals surface area contributed by atoms with Gasteiger partial charge in [-0.05, 0) is 50.5 Å². The van der Waals surface area contributed by atoms with E-state index in [0.29, 0.717) is 5.13 Å². The molecule has 0 aliphatic carbocycles. The van der Waals surface area contributed by atoms with Gasteiger partial charge in [0, 0.05) is 5.56 Å². The van der Waals surface area contributed by atoms with Crippen molar-refractivity contribution in [2.45, 2.75) is 37.3 Å². The number of Topliss-reactive ketones (excluding diaryl/α,β-unsaturated/α-hetero) is 1. The molecule has 0 aliphatic rings. The highest BCUT2D eigenvalue weighted by Gasteiger charge is 2.20. The van der Waals surface area contributed by atoms with Crippen LogP contribution in [0.4, 0.5) is 5.13 Å². The molecule has 0 saturated heterocycles. The normalized spacial score (nSPS) is 12.4. The van der Waals surface area contributed by atoms with Crippen molar-refractivity contribution in [1.82, 2.24) is 10.2 Å².